The standard InChI is InChI=1S/C24H25NO5/c1-12(2)17(27)11-15-20-18(22(29)14-9-10-24(3,4)30-23(14)15)21(28)13-7-6-8-16(26)19(13)25(20)5/h6-10,17,26-27,29H,1,11H2,2-5H3. The van der Waals surface area contributed by atoms with E-state index in [1.165, 1.54) is 6.07 Å². The molecule has 1 unspecified atom stereocenters. The summed E-state index contributed by atoms with van der Waals surface area (Å²) in [5, 5.41) is 32.6. The van der Waals surface area contributed by atoms with Gasteiger partial charge in [-0.15, -0.1) is 0 Å². The molecule has 1 atom stereocenters. The summed E-state index contributed by atoms with van der Waals surface area (Å²) < 4.78 is 7.87. The highest BCUT2D eigenvalue weighted by Crippen LogP contribution is 2.45. The summed E-state index contributed by atoms with van der Waals surface area (Å²) in [6.45, 7) is 9.33. The number of hydrogen-bond donors (Lipinski definition) is 3. The van der Waals surface area contributed by atoms with Crippen molar-refractivity contribution in [1.82, 2.24) is 4.57 Å². The Labute approximate surface area is 174 Å². The molecule has 3 aromatic rings. The lowest BCUT2D eigenvalue weighted by Gasteiger charge is -2.31. The minimum absolute atomic E-state index is 0.0428. The summed E-state index contributed by atoms with van der Waals surface area (Å²) >= 11 is 0. The van der Waals surface area contributed by atoms with Crippen LogP contribution in [0.25, 0.3) is 27.9 Å². The van der Waals surface area contributed by atoms with Crippen molar-refractivity contribution in [2.75, 3.05) is 0 Å². The zero-order chi connectivity index (χ0) is 22.0. The number of hydrogen-bond acceptors (Lipinski definition) is 5. The third-order valence-corrected chi connectivity index (χ3v) is 5.67. The third kappa shape index (κ3) is 2.87. The maximum absolute atomic E-state index is 13.4. The molecule has 6 heteroatoms. The van der Waals surface area contributed by atoms with E-state index in [0.717, 1.165) is 0 Å². The molecule has 30 heavy (non-hydrogen) atoms. The van der Waals surface area contributed by atoms with Crippen LogP contribution < -0.4 is 10.2 Å². The smallest absolute Gasteiger partial charge is 0.201 e. The Morgan fingerprint density at radius 3 is 2.63 bits per heavy atom. The number of benzene rings is 2. The zero-order valence-corrected chi connectivity index (χ0v) is 17.5. The summed E-state index contributed by atoms with van der Waals surface area (Å²) in [7, 11) is 1.72. The van der Waals surface area contributed by atoms with Gasteiger partial charge in [-0.2, -0.15) is 0 Å². The predicted octanol–water partition coefficient (Wildman–Crippen LogP) is 3.77. The Morgan fingerprint density at radius 1 is 1.27 bits per heavy atom. The quantitative estimate of drug-likeness (QED) is 0.454. The molecule has 2 heterocycles. The molecule has 1 aliphatic rings. The lowest BCUT2D eigenvalue weighted by Crippen LogP contribution is -2.29. The van der Waals surface area contributed by atoms with Gasteiger partial charge in [0.15, 0.2) is 0 Å². The van der Waals surface area contributed by atoms with Crippen molar-refractivity contribution in [3.63, 3.8) is 0 Å². The molecule has 0 fully saturated rings. The molecule has 0 radical (unpaired) electrons. The first-order valence-electron chi connectivity index (χ1n) is 9.77. The van der Waals surface area contributed by atoms with Gasteiger partial charge in [-0.05, 0) is 45.1 Å². The molecule has 3 N–H and O–H groups in total. The molecule has 156 valence electrons. The topological polar surface area (TPSA) is 91.9 Å². The lowest BCUT2D eigenvalue weighted by molar-refractivity contribution is 0.153. The van der Waals surface area contributed by atoms with Gasteiger partial charge in [0, 0.05) is 19.0 Å². The largest absolute Gasteiger partial charge is 0.506 e. The first-order valence-corrected chi connectivity index (χ1v) is 9.77. The molecule has 1 aliphatic heterocycles. The Balaban J connectivity index is 2.25. The van der Waals surface area contributed by atoms with Crippen molar-refractivity contribution >= 4 is 27.9 Å². The van der Waals surface area contributed by atoms with Crippen LogP contribution in [0.4, 0.5) is 0 Å². The minimum atomic E-state index is -0.866. The van der Waals surface area contributed by atoms with Crippen molar-refractivity contribution < 1.29 is 20.1 Å². The molecule has 0 saturated heterocycles. The second-order valence-corrected chi connectivity index (χ2v) is 8.46. The number of phenolic OH excluding ortho intramolecular Hbond substituents is 2. The van der Waals surface area contributed by atoms with Gasteiger partial charge >= 0.3 is 0 Å². The third-order valence-electron chi connectivity index (χ3n) is 5.67. The van der Waals surface area contributed by atoms with Gasteiger partial charge in [-0.25, -0.2) is 0 Å². The number of aryl methyl sites for hydroxylation is 1. The highest BCUT2D eigenvalue weighted by Gasteiger charge is 2.31. The van der Waals surface area contributed by atoms with Crippen LogP contribution in [0.1, 0.15) is 31.9 Å². The summed E-state index contributed by atoms with van der Waals surface area (Å²) in [4.78, 5) is 13.4. The van der Waals surface area contributed by atoms with Crippen LogP contribution in [-0.4, -0.2) is 31.6 Å². The Bertz CT molecular complexity index is 1310. The number of nitrogens with zero attached hydrogens (tertiary/aromatic N) is 1. The van der Waals surface area contributed by atoms with E-state index in [1.807, 2.05) is 19.9 Å². The van der Waals surface area contributed by atoms with Gasteiger partial charge in [-0.1, -0.05) is 18.2 Å². The average molecular weight is 407 g/mol. The van der Waals surface area contributed by atoms with Crippen molar-refractivity contribution in [3.8, 4) is 17.2 Å². The average Bonchev–Trinajstić information content (AvgIpc) is 2.66. The van der Waals surface area contributed by atoms with E-state index in [0.29, 0.717) is 38.9 Å². The van der Waals surface area contributed by atoms with E-state index in [2.05, 4.69) is 6.58 Å². The maximum atomic E-state index is 13.4. The van der Waals surface area contributed by atoms with Gasteiger partial charge in [0.25, 0.3) is 0 Å². The number of aliphatic hydroxyl groups is 1. The first-order chi connectivity index (χ1) is 14.0. The van der Waals surface area contributed by atoms with Gasteiger partial charge in [0.2, 0.25) is 5.43 Å². The predicted molar refractivity (Wildman–Crippen MR) is 118 cm³/mol. The van der Waals surface area contributed by atoms with Crippen LogP contribution in [-0.2, 0) is 13.5 Å². The van der Waals surface area contributed by atoms with E-state index in [9.17, 15) is 20.1 Å². The van der Waals surface area contributed by atoms with Crippen LogP contribution in [0, 0.1) is 0 Å². The molecule has 0 saturated carbocycles. The van der Waals surface area contributed by atoms with Crippen molar-refractivity contribution in [2.24, 2.45) is 7.05 Å². The van der Waals surface area contributed by atoms with E-state index in [4.69, 9.17) is 4.74 Å². The highest BCUT2D eigenvalue weighted by molar-refractivity contribution is 6.03. The second kappa shape index (κ2) is 6.64. The van der Waals surface area contributed by atoms with Crippen molar-refractivity contribution in [1.29, 1.82) is 0 Å². The molecule has 2 aromatic carbocycles. The number of aromatic hydroxyl groups is 2. The Hall–Kier alpha value is -3.25. The maximum Gasteiger partial charge on any atom is 0.201 e. The number of aliphatic hydroxyl groups excluding tert-OH is 1. The molecular formula is C24H25NO5. The van der Waals surface area contributed by atoms with Gasteiger partial charge in [0.1, 0.15) is 22.8 Å². The highest BCUT2D eigenvalue weighted by atomic mass is 16.5. The minimum Gasteiger partial charge on any atom is -0.506 e. The normalized spacial score (nSPS) is 15.8. The van der Waals surface area contributed by atoms with Crippen LogP contribution in [0.5, 0.6) is 17.2 Å². The van der Waals surface area contributed by atoms with Crippen LogP contribution >= 0.6 is 0 Å². The number of aromatic nitrogens is 1. The number of pyridine rings is 1. The van der Waals surface area contributed by atoms with E-state index >= 15 is 0 Å². The molecule has 0 spiro atoms. The van der Waals surface area contributed by atoms with Crippen molar-refractivity contribution in [2.45, 2.75) is 38.9 Å². The molecule has 0 bridgehead atoms. The monoisotopic (exact) mass is 407 g/mol. The number of phenols is 2. The van der Waals surface area contributed by atoms with Crippen molar-refractivity contribution in [3.05, 3.63) is 57.8 Å². The zero-order valence-electron chi connectivity index (χ0n) is 17.5. The number of fused-ring (bicyclic) bond motifs is 3. The van der Waals surface area contributed by atoms with E-state index in [-0.39, 0.29) is 23.3 Å². The van der Waals surface area contributed by atoms with Gasteiger partial charge in [0.05, 0.1) is 33.5 Å². The Morgan fingerprint density at radius 2 is 1.97 bits per heavy atom. The fraction of sp³-hybridized carbons (Fsp3) is 0.292. The first kappa shape index (κ1) is 20.0. The van der Waals surface area contributed by atoms with Crippen LogP contribution in [0.2, 0.25) is 0 Å². The van der Waals surface area contributed by atoms with E-state index < -0.39 is 17.1 Å². The number of rotatable bonds is 3. The molecule has 4 rings (SSSR count). The number of para-hydroxylation sites is 1. The lowest BCUT2D eigenvalue weighted by atomic mass is 9.91. The van der Waals surface area contributed by atoms with Gasteiger partial charge in [-0.3, -0.25) is 4.79 Å². The van der Waals surface area contributed by atoms with Crippen LogP contribution in [0.3, 0.4) is 0 Å². The van der Waals surface area contributed by atoms with Gasteiger partial charge < -0.3 is 24.6 Å². The second-order valence-electron chi connectivity index (χ2n) is 8.46. The van der Waals surface area contributed by atoms with E-state index in [1.54, 1.807) is 36.7 Å². The Kier molecular flexibility index (Phi) is 4.43. The van der Waals surface area contributed by atoms with Crippen LogP contribution in [0.15, 0.2) is 41.2 Å². The number of ether oxygens (including phenoxy) is 1. The summed E-state index contributed by atoms with van der Waals surface area (Å²) in [6.07, 6.45) is 2.84. The summed E-state index contributed by atoms with van der Waals surface area (Å²) in [5.41, 5.74) is 1.30. The molecule has 0 amide bonds. The molecular weight excluding hydrogens is 382 g/mol. The molecule has 1 aromatic heterocycles. The summed E-state index contributed by atoms with van der Waals surface area (Å²) in [6, 6.07) is 4.72. The fourth-order valence-electron chi connectivity index (χ4n) is 4.08. The SMILES string of the molecule is C=C(C)C(O)Cc1c2c(c(O)c3c(=O)c4cccc(O)c4n(C)c13)C=CC(C)(C)O2. The summed E-state index contributed by atoms with van der Waals surface area (Å²) in [5.74, 6) is 0.197. The molecule has 0 aliphatic carbocycles. The fourth-order valence-corrected chi connectivity index (χ4v) is 4.08. The molecule has 6 nitrogen and oxygen atoms in total.